The van der Waals surface area contributed by atoms with Crippen molar-refractivity contribution in [2.45, 2.75) is 38.5 Å². The molecular weight excluding hydrogens is 400 g/mol. The number of hydrogen-bond acceptors (Lipinski definition) is 5. The second-order valence-electron chi connectivity index (χ2n) is 7.14. The van der Waals surface area contributed by atoms with E-state index in [0.717, 1.165) is 11.1 Å². The Balaban J connectivity index is 1.84. The van der Waals surface area contributed by atoms with Crippen LogP contribution in [0, 0.1) is 5.92 Å². The van der Waals surface area contributed by atoms with Crippen LogP contribution in [0.3, 0.4) is 0 Å². The Morgan fingerprint density at radius 2 is 1.55 bits per heavy atom. The van der Waals surface area contributed by atoms with E-state index in [2.05, 4.69) is 10.6 Å². The summed E-state index contributed by atoms with van der Waals surface area (Å²) in [5, 5.41) is 14.4. The molecule has 1 unspecified atom stereocenters. The molecule has 31 heavy (non-hydrogen) atoms. The molecule has 0 bridgehead atoms. The fraction of sp³-hybridized carbons (Fsp3) is 0.304. The molecule has 3 atom stereocenters. The van der Waals surface area contributed by atoms with Gasteiger partial charge in [0.05, 0.1) is 12.0 Å². The van der Waals surface area contributed by atoms with Gasteiger partial charge in [-0.25, -0.2) is 4.79 Å². The van der Waals surface area contributed by atoms with Gasteiger partial charge in [0, 0.05) is 0 Å². The molecule has 3 N–H and O–H groups in total. The van der Waals surface area contributed by atoms with Crippen LogP contribution in [0.25, 0.3) is 0 Å². The van der Waals surface area contributed by atoms with E-state index in [9.17, 15) is 24.3 Å². The van der Waals surface area contributed by atoms with E-state index < -0.39 is 36.0 Å². The molecule has 0 aliphatic heterocycles. The van der Waals surface area contributed by atoms with Crippen molar-refractivity contribution < 1.29 is 29.0 Å². The first-order chi connectivity index (χ1) is 14.9. The highest BCUT2D eigenvalue weighted by Crippen LogP contribution is 2.14. The van der Waals surface area contributed by atoms with Crippen LogP contribution in [0.15, 0.2) is 60.7 Å². The molecule has 8 heteroatoms. The van der Waals surface area contributed by atoms with Crippen LogP contribution < -0.4 is 10.6 Å². The minimum absolute atomic E-state index is 0.0533. The summed E-state index contributed by atoms with van der Waals surface area (Å²) < 4.78 is 5.07. The molecule has 0 radical (unpaired) electrons. The second kappa shape index (κ2) is 12.1. The van der Waals surface area contributed by atoms with Crippen LogP contribution in [0.5, 0.6) is 0 Å². The summed E-state index contributed by atoms with van der Waals surface area (Å²) in [5.74, 6) is -2.52. The third-order valence-electron chi connectivity index (χ3n) is 4.64. The number of carbonyl (C=O) groups excluding carboxylic acids is 3. The predicted molar refractivity (Wildman–Crippen MR) is 113 cm³/mol. The van der Waals surface area contributed by atoms with Gasteiger partial charge in [0.25, 0.3) is 0 Å². The number of ether oxygens (including phenoxy) is 1. The molecule has 0 heterocycles. The number of hydrogen-bond donors (Lipinski definition) is 3. The zero-order chi connectivity index (χ0) is 22.6. The Bertz CT molecular complexity index is 872. The Morgan fingerprint density at radius 1 is 0.968 bits per heavy atom. The molecule has 0 aliphatic rings. The average Bonchev–Trinajstić information content (AvgIpc) is 2.77. The quantitative estimate of drug-likeness (QED) is 0.474. The maximum Gasteiger partial charge on any atom is 0.408 e. The summed E-state index contributed by atoms with van der Waals surface area (Å²) in [6.07, 6.45) is -0.110. The smallest absolute Gasteiger partial charge is 0.408 e. The Kier molecular flexibility index (Phi) is 9.22. The van der Waals surface area contributed by atoms with E-state index in [4.69, 9.17) is 4.74 Å². The number of aliphatic carboxylic acids is 1. The van der Waals surface area contributed by atoms with Crippen molar-refractivity contribution in [2.24, 2.45) is 5.92 Å². The molecule has 0 fully saturated rings. The van der Waals surface area contributed by atoms with Gasteiger partial charge in [-0.3, -0.25) is 9.59 Å². The third-order valence-corrected chi connectivity index (χ3v) is 4.64. The Hall–Kier alpha value is -3.68. The number of benzene rings is 2. The molecule has 0 aliphatic carbocycles. The van der Waals surface area contributed by atoms with Crippen LogP contribution in [0.1, 0.15) is 24.5 Å². The molecule has 164 valence electrons. The summed E-state index contributed by atoms with van der Waals surface area (Å²) in [5.41, 5.74) is 1.62. The van der Waals surface area contributed by atoms with Gasteiger partial charge < -0.3 is 25.3 Å². The lowest BCUT2D eigenvalue weighted by Crippen LogP contribution is -2.49. The predicted octanol–water partition coefficient (Wildman–Crippen LogP) is 2.32. The number of carboxylic acids is 1. The van der Waals surface area contributed by atoms with Crippen molar-refractivity contribution in [3.8, 4) is 0 Å². The summed E-state index contributed by atoms with van der Waals surface area (Å²) in [7, 11) is 0. The summed E-state index contributed by atoms with van der Waals surface area (Å²) in [6.45, 7) is 1.50. The standard InChI is InChI=1S/C23H26N2O6/c1-16(24-23(30)31-15-18-10-6-3-7-11-18)21(27)25-20(14-26)13-19(22(28)29)12-17-8-4-2-5-9-17/h2-11,14,16,19-20H,12-13,15H2,1H3,(H,24,30)(H,25,27)(H,28,29)/t16-,19?,20-/m0/s1. The maximum atomic E-state index is 12.3. The fourth-order valence-electron chi connectivity index (χ4n) is 2.94. The molecule has 2 rings (SSSR count). The number of rotatable bonds is 11. The van der Waals surface area contributed by atoms with Crippen molar-refractivity contribution >= 4 is 24.3 Å². The number of amides is 2. The molecule has 0 saturated heterocycles. The van der Waals surface area contributed by atoms with Gasteiger partial charge in [-0.05, 0) is 30.9 Å². The van der Waals surface area contributed by atoms with Crippen LogP contribution in [0.2, 0.25) is 0 Å². The lowest BCUT2D eigenvalue weighted by atomic mass is 9.93. The fourth-order valence-corrected chi connectivity index (χ4v) is 2.94. The van der Waals surface area contributed by atoms with Gasteiger partial charge in [0.2, 0.25) is 5.91 Å². The monoisotopic (exact) mass is 426 g/mol. The van der Waals surface area contributed by atoms with E-state index >= 15 is 0 Å². The van der Waals surface area contributed by atoms with Gasteiger partial charge in [0.15, 0.2) is 0 Å². The van der Waals surface area contributed by atoms with Gasteiger partial charge in [0.1, 0.15) is 18.9 Å². The first-order valence-corrected chi connectivity index (χ1v) is 9.88. The maximum absolute atomic E-state index is 12.3. The van der Waals surface area contributed by atoms with Gasteiger partial charge in [-0.15, -0.1) is 0 Å². The molecular formula is C23H26N2O6. The minimum Gasteiger partial charge on any atom is -0.481 e. The van der Waals surface area contributed by atoms with Crippen molar-refractivity contribution in [1.82, 2.24) is 10.6 Å². The molecule has 0 spiro atoms. The van der Waals surface area contributed by atoms with Crippen molar-refractivity contribution in [3.05, 3.63) is 71.8 Å². The Morgan fingerprint density at radius 3 is 2.10 bits per heavy atom. The highest BCUT2D eigenvalue weighted by molar-refractivity contribution is 5.87. The van der Waals surface area contributed by atoms with Crippen molar-refractivity contribution in [2.75, 3.05) is 0 Å². The molecule has 0 saturated carbocycles. The lowest BCUT2D eigenvalue weighted by Gasteiger charge is -2.20. The topological polar surface area (TPSA) is 122 Å². The largest absolute Gasteiger partial charge is 0.481 e. The number of nitrogens with one attached hydrogen (secondary N) is 2. The van der Waals surface area contributed by atoms with Crippen molar-refractivity contribution in [3.63, 3.8) is 0 Å². The van der Waals surface area contributed by atoms with E-state index in [-0.39, 0.29) is 19.4 Å². The average molecular weight is 426 g/mol. The SMILES string of the molecule is C[C@H](NC(=O)OCc1ccccc1)C(=O)N[C@H](C=O)CC(Cc1ccccc1)C(=O)O. The van der Waals surface area contributed by atoms with Gasteiger partial charge in [-0.1, -0.05) is 60.7 Å². The van der Waals surface area contributed by atoms with E-state index in [0.29, 0.717) is 6.29 Å². The zero-order valence-electron chi connectivity index (χ0n) is 17.2. The third kappa shape index (κ3) is 8.30. The normalized spacial score (nSPS) is 13.3. The number of carboxylic acid groups (broad SMARTS) is 1. The first-order valence-electron chi connectivity index (χ1n) is 9.88. The van der Waals surface area contributed by atoms with Gasteiger partial charge >= 0.3 is 12.1 Å². The van der Waals surface area contributed by atoms with Crippen LogP contribution in [-0.2, 0) is 32.1 Å². The van der Waals surface area contributed by atoms with Crippen LogP contribution >= 0.6 is 0 Å². The number of carbonyl (C=O) groups is 4. The van der Waals surface area contributed by atoms with Crippen molar-refractivity contribution in [1.29, 1.82) is 0 Å². The van der Waals surface area contributed by atoms with E-state index in [1.165, 1.54) is 6.92 Å². The summed E-state index contributed by atoms with van der Waals surface area (Å²) in [4.78, 5) is 47.3. The number of alkyl carbamates (subject to hydrolysis) is 1. The molecule has 2 aromatic carbocycles. The molecule has 2 amide bonds. The summed E-state index contributed by atoms with van der Waals surface area (Å²) >= 11 is 0. The highest BCUT2D eigenvalue weighted by atomic mass is 16.5. The lowest BCUT2D eigenvalue weighted by molar-refractivity contribution is -0.142. The second-order valence-corrected chi connectivity index (χ2v) is 7.14. The first kappa shape index (κ1) is 23.6. The molecule has 0 aromatic heterocycles. The Labute approximate surface area is 180 Å². The highest BCUT2D eigenvalue weighted by Gasteiger charge is 2.26. The van der Waals surface area contributed by atoms with Gasteiger partial charge in [-0.2, -0.15) is 0 Å². The zero-order valence-corrected chi connectivity index (χ0v) is 17.2. The van der Waals surface area contributed by atoms with E-state index in [1.807, 2.05) is 24.3 Å². The minimum atomic E-state index is -1.05. The van der Waals surface area contributed by atoms with E-state index in [1.54, 1.807) is 36.4 Å². The van der Waals surface area contributed by atoms with Crippen LogP contribution in [-0.4, -0.2) is 41.4 Å². The van der Waals surface area contributed by atoms with Crippen LogP contribution in [0.4, 0.5) is 4.79 Å². The summed E-state index contributed by atoms with van der Waals surface area (Å²) in [6, 6.07) is 16.1. The number of aldehydes is 1. The molecule has 8 nitrogen and oxygen atoms in total. The molecule has 2 aromatic rings.